The number of primary amides is 1. The third-order valence-corrected chi connectivity index (χ3v) is 6.29. The maximum Gasteiger partial charge on any atom is 0.266 e. The molecule has 5 nitrogen and oxygen atoms in total. The van der Waals surface area contributed by atoms with E-state index in [1.165, 1.54) is 23.5 Å². The molecule has 2 N–H and O–H groups in total. The first kappa shape index (κ1) is 20.2. The summed E-state index contributed by atoms with van der Waals surface area (Å²) in [6.07, 6.45) is 2.55. The molecule has 4 rings (SSSR count). The second-order valence-corrected chi connectivity index (χ2v) is 8.63. The van der Waals surface area contributed by atoms with Crippen molar-refractivity contribution in [3.8, 4) is 0 Å². The molecule has 2 amide bonds. The van der Waals surface area contributed by atoms with Crippen molar-refractivity contribution >= 4 is 23.2 Å². The first-order valence-corrected chi connectivity index (χ1v) is 10.6. The van der Waals surface area contributed by atoms with Crippen molar-refractivity contribution < 1.29 is 14.0 Å². The van der Waals surface area contributed by atoms with Gasteiger partial charge in [-0.05, 0) is 55.2 Å². The summed E-state index contributed by atoms with van der Waals surface area (Å²) in [5, 5.41) is 0.837. The van der Waals surface area contributed by atoms with Crippen LogP contribution in [-0.4, -0.2) is 27.7 Å². The van der Waals surface area contributed by atoms with Crippen LogP contribution in [-0.2, 0) is 13.0 Å². The van der Waals surface area contributed by atoms with Crippen LogP contribution in [0.4, 0.5) is 4.39 Å². The lowest BCUT2D eigenvalue weighted by atomic mass is 10.1. The number of amides is 2. The van der Waals surface area contributed by atoms with Gasteiger partial charge in [-0.1, -0.05) is 24.3 Å². The average Bonchev–Trinajstić information content (AvgIpc) is 3.50. The van der Waals surface area contributed by atoms with E-state index in [-0.39, 0.29) is 17.8 Å². The molecule has 0 saturated heterocycles. The lowest BCUT2D eigenvalue weighted by molar-refractivity contribution is 0.0733. The number of rotatable bonds is 7. The van der Waals surface area contributed by atoms with Crippen LogP contribution in [0.2, 0.25) is 0 Å². The van der Waals surface area contributed by atoms with Gasteiger partial charge in [0.05, 0.1) is 10.7 Å². The molecule has 1 aliphatic rings. The molecule has 1 aliphatic carbocycles. The van der Waals surface area contributed by atoms with Crippen molar-refractivity contribution in [3.05, 3.63) is 86.6 Å². The van der Waals surface area contributed by atoms with Crippen molar-refractivity contribution in [2.45, 2.75) is 38.8 Å². The molecule has 154 valence electrons. The number of benzene rings is 2. The van der Waals surface area contributed by atoms with Gasteiger partial charge in [-0.25, -0.2) is 9.37 Å². The van der Waals surface area contributed by atoms with E-state index in [1.807, 2.05) is 24.0 Å². The van der Waals surface area contributed by atoms with Crippen molar-refractivity contribution in [2.24, 2.45) is 5.73 Å². The summed E-state index contributed by atoms with van der Waals surface area (Å²) in [5.41, 5.74) is 8.38. The maximum absolute atomic E-state index is 13.3. The minimum atomic E-state index is -0.467. The molecule has 7 heteroatoms. The molecular formula is C23H22FN3O2S. The zero-order chi connectivity index (χ0) is 21.3. The second kappa shape index (κ2) is 8.36. The van der Waals surface area contributed by atoms with E-state index in [2.05, 4.69) is 4.98 Å². The van der Waals surface area contributed by atoms with E-state index in [0.717, 1.165) is 34.7 Å². The third kappa shape index (κ3) is 4.57. The van der Waals surface area contributed by atoms with Gasteiger partial charge in [-0.2, -0.15) is 0 Å². The van der Waals surface area contributed by atoms with Crippen LogP contribution in [0.1, 0.15) is 54.7 Å². The lowest BCUT2D eigenvalue weighted by Crippen LogP contribution is -2.32. The Kier molecular flexibility index (Phi) is 5.63. The molecule has 0 unspecified atom stereocenters. The van der Waals surface area contributed by atoms with E-state index < -0.39 is 5.91 Å². The molecule has 0 atom stereocenters. The van der Waals surface area contributed by atoms with Crippen LogP contribution >= 0.6 is 11.3 Å². The van der Waals surface area contributed by atoms with Crippen molar-refractivity contribution in [3.63, 3.8) is 0 Å². The summed E-state index contributed by atoms with van der Waals surface area (Å²) in [4.78, 5) is 31.7. The first-order valence-electron chi connectivity index (χ1n) is 9.81. The molecule has 1 heterocycles. The number of carbonyl (C=O) groups is 2. The molecular weight excluding hydrogens is 401 g/mol. The minimum absolute atomic E-state index is 0.0168. The van der Waals surface area contributed by atoms with Crippen molar-refractivity contribution in [1.82, 2.24) is 9.88 Å². The summed E-state index contributed by atoms with van der Waals surface area (Å²) in [5.74, 6) is -0.753. The Labute approximate surface area is 178 Å². The Morgan fingerprint density at radius 3 is 2.33 bits per heavy atom. The fraction of sp³-hybridized carbons (Fsp3) is 0.261. The third-order valence-electron chi connectivity index (χ3n) is 5.14. The SMILES string of the molecule is Cc1nc(Cc2ccc(F)cc2)sc1C(=O)N(Cc1ccc(C(N)=O)cc1)C1CC1. The number of hydrogen-bond acceptors (Lipinski definition) is 4. The number of thiazole rings is 1. The van der Waals surface area contributed by atoms with Crippen LogP contribution in [0.3, 0.4) is 0 Å². The van der Waals surface area contributed by atoms with Crippen LogP contribution < -0.4 is 5.73 Å². The predicted octanol–water partition coefficient (Wildman–Crippen LogP) is 4.09. The van der Waals surface area contributed by atoms with Gasteiger partial charge in [0.2, 0.25) is 5.91 Å². The Bertz CT molecular complexity index is 1070. The van der Waals surface area contributed by atoms with Gasteiger partial charge in [-0.3, -0.25) is 9.59 Å². The molecule has 0 aliphatic heterocycles. The molecule has 0 radical (unpaired) electrons. The Balaban J connectivity index is 1.51. The van der Waals surface area contributed by atoms with E-state index >= 15 is 0 Å². The molecule has 0 bridgehead atoms. The highest BCUT2D eigenvalue weighted by atomic mass is 32.1. The van der Waals surface area contributed by atoms with Crippen molar-refractivity contribution in [1.29, 1.82) is 0 Å². The van der Waals surface area contributed by atoms with Gasteiger partial charge in [-0.15, -0.1) is 11.3 Å². The summed E-state index contributed by atoms with van der Waals surface area (Å²) in [7, 11) is 0. The maximum atomic E-state index is 13.3. The highest BCUT2D eigenvalue weighted by Crippen LogP contribution is 2.32. The number of nitrogens with zero attached hydrogens (tertiary/aromatic N) is 2. The standard InChI is InChI=1S/C23H22FN3O2S/c1-14-21(30-20(26-14)12-15-4-8-18(24)9-5-15)23(29)27(19-10-11-19)13-16-2-6-17(7-3-16)22(25)28/h2-9,19H,10-13H2,1H3,(H2,25,28). The molecule has 2 aromatic carbocycles. The number of halogens is 1. The monoisotopic (exact) mass is 423 g/mol. The average molecular weight is 424 g/mol. The highest BCUT2D eigenvalue weighted by Gasteiger charge is 2.34. The Hall–Kier alpha value is -3.06. The molecule has 1 fully saturated rings. The first-order chi connectivity index (χ1) is 14.4. The zero-order valence-corrected chi connectivity index (χ0v) is 17.4. The fourth-order valence-electron chi connectivity index (χ4n) is 3.36. The van der Waals surface area contributed by atoms with E-state index in [4.69, 9.17) is 5.73 Å². The summed E-state index contributed by atoms with van der Waals surface area (Å²) >= 11 is 1.40. The van der Waals surface area contributed by atoms with Crippen LogP contribution in [0.5, 0.6) is 0 Å². The quantitative estimate of drug-likeness (QED) is 0.622. The van der Waals surface area contributed by atoms with E-state index in [9.17, 15) is 14.0 Å². The molecule has 1 aromatic heterocycles. The number of hydrogen-bond donors (Lipinski definition) is 1. The topological polar surface area (TPSA) is 76.3 Å². The summed E-state index contributed by atoms with van der Waals surface area (Å²) < 4.78 is 13.1. The Morgan fingerprint density at radius 2 is 1.73 bits per heavy atom. The van der Waals surface area contributed by atoms with Crippen LogP contribution in [0.25, 0.3) is 0 Å². The van der Waals surface area contributed by atoms with Gasteiger partial charge in [0.25, 0.3) is 5.91 Å². The predicted molar refractivity (Wildman–Crippen MR) is 114 cm³/mol. The highest BCUT2D eigenvalue weighted by molar-refractivity contribution is 7.13. The number of aromatic nitrogens is 1. The second-order valence-electron chi connectivity index (χ2n) is 7.55. The number of nitrogens with two attached hydrogens (primary N) is 1. The summed E-state index contributed by atoms with van der Waals surface area (Å²) in [6, 6.07) is 13.6. The van der Waals surface area contributed by atoms with Crippen LogP contribution in [0.15, 0.2) is 48.5 Å². The molecule has 0 spiro atoms. The number of aryl methyl sites for hydroxylation is 1. The molecule has 3 aromatic rings. The van der Waals surface area contributed by atoms with Gasteiger partial charge in [0.1, 0.15) is 10.7 Å². The van der Waals surface area contributed by atoms with Gasteiger partial charge >= 0.3 is 0 Å². The number of carbonyl (C=O) groups excluding carboxylic acids is 2. The fourth-order valence-corrected chi connectivity index (χ4v) is 4.41. The summed E-state index contributed by atoms with van der Waals surface area (Å²) in [6.45, 7) is 2.33. The van der Waals surface area contributed by atoms with Gasteiger partial charge in [0, 0.05) is 24.6 Å². The minimum Gasteiger partial charge on any atom is -0.366 e. The molecule has 1 saturated carbocycles. The van der Waals surface area contributed by atoms with Crippen LogP contribution in [0, 0.1) is 12.7 Å². The van der Waals surface area contributed by atoms with Gasteiger partial charge < -0.3 is 10.6 Å². The smallest absolute Gasteiger partial charge is 0.266 e. The Morgan fingerprint density at radius 1 is 1.10 bits per heavy atom. The molecule has 30 heavy (non-hydrogen) atoms. The normalized spacial score (nSPS) is 13.3. The van der Waals surface area contributed by atoms with Crippen molar-refractivity contribution in [2.75, 3.05) is 0 Å². The van der Waals surface area contributed by atoms with E-state index in [1.54, 1.807) is 24.3 Å². The lowest BCUT2D eigenvalue weighted by Gasteiger charge is -2.22. The van der Waals surface area contributed by atoms with E-state index in [0.29, 0.717) is 23.4 Å². The largest absolute Gasteiger partial charge is 0.366 e. The zero-order valence-electron chi connectivity index (χ0n) is 16.6. The van der Waals surface area contributed by atoms with Gasteiger partial charge in [0.15, 0.2) is 0 Å².